The van der Waals surface area contributed by atoms with E-state index in [2.05, 4.69) is 15.3 Å². The fraction of sp³-hybridized carbons (Fsp3) is 0.190. The summed E-state index contributed by atoms with van der Waals surface area (Å²) in [5, 5.41) is 15.1. The first-order valence-corrected chi connectivity index (χ1v) is 19.9. The van der Waals surface area contributed by atoms with Crippen LogP contribution in [-0.2, 0) is 19.5 Å². The molecule has 0 saturated heterocycles. The van der Waals surface area contributed by atoms with Gasteiger partial charge in [-0.2, -0.15) is 0 Å². The lowest BCUT2D eigenvalue weighted by molar-refractivity contribution is 0.0953. The first-order valence-electron chi connectivity index (χ1n) is 17.5. The van der Waals surface area contributed by atoms with Crippen LogP contribution >= 0.6 is 45.9 Å². The molecule has 3 heterocycles. The normalized spacial score (nSPS) is 10.8. The molecular weight excluding hydrogens is 808 g/mol. The first kappa shape index (κ1) is 41.2. The number of hydrogen-bond acceptors (Lipinski definition) is 11. The number of nitrogens with zero attached hydrogens (tertiary/aromatic N) is 3. The molecule has 0 bridgehead atoms. The van der Waals surface area contributed by atoms with Crippen molar-refractivity contribution in [3.05, 3.63) is 139 Å². The van der Waals surface area contributed by atoms with Gasteiger partial charge in [-0.25, -0.2) is 9.97 Å². The maximum Gasteiger partial charge on any atom is 0.270 e. The summed E-state index contributed by atoms with van der Waals surface area (Å²) in [7, 11) is 6.36. The molecule has 0 unspecified atom stereocenters. The van der Waals surface area contributed by atoms with Crippen LogP contribution < -0.4 is 29.8 Å². The van der Waals surface area contributed by atoms with E-state index in [0.717, 1.165) is 27.3 Å². The van der Waals surface area contributed by atoms with Crippen molar-refractivity contribution in [2.24, 2.45) is 0 Å². The van der Waals surface area contributed by atoms with Crippen molar-refractivity contribution >= 4 is 62.0 Å². The molecule has 1 amide bonds. The largest absolute Gasteiger partial charge is 0.497 e. The zero-order chi connectivity index (χ0) is 40.5. The molecule has 0 radical (unpaired) electrons. The van der Waals surface area contributed by atoms with Crippen LogP contribution in [0.2, 0.25) is 10.0 Å². The summed E-state index contributed by atoms with van der Waals surface area (Å²) in [6.07, 6.45) is 2.07. The zero-order valence-electron chi connectivity index (χ0n) is 31.4. The predicted octanol–water partition coefficient (Wildman–Crippen LogP) is 8.79. The maximum absolute atomic E-state index is 13.0. The second-order valence-corrected chi connectivity index (χ2v) is 15.2. The summed E-state index contributed by atoms with van der Waals surface area (Å²) in [5.74, 6) is 2.45. The van der Waals surface area contributed by atoms with Gasteiger partial charge in [-0.3, -0.25) is 9.59 Å². The van der Waals surface area contributed by atoms with Gasteiger partial charge in [0, 0.05) is 70.2 Å². The van der Waals surface area contributed by atoms with Crippen LogP contribution in [-0.4, -0.2) is 60.6 Å². The fourth-order valence-corrected chi connectivity index (χ4v) is 8.04. The molecule has 4 aromatic carbocycles. The molecule has 11 nitrogen and oxygen atoms in total. The van der Waals surface area contributed by atoms with Crippen molar-refractivity contribution in [3.8, 4) is 44.1 Å². The van der Waals surface area contributed by atoms with Gasteiger partial charge in [0.05, 0.1) is 46.2 Å². The molecule has 2 N–H and O–H groups in total. The van der Waals surface area contributed by atoms with Crippen LogP contribution in [0, 0.1) is 0 Å². The number of carbonyl (C=O) groups is 1. The fourth-order valence-electron chi connectivity index (χ4n) is 5.74. The monoisotopic (exact) mass is 844 g/mol. The molecule has 0 fully saturated rings. The second kappa shape index (κ2) is 19.1. The smallest absolute Gasteiger partial charge is 0.270 e. The number of halogens is 2. The molecule has 7 aromatic rings. The number of ether oxygens (including phenoxy) is 4. The summed E-state index contributed by atoms with van der Waals surface area (Å²) in [6.45, 7) is 0.602. The maximum atomic E-state index is 13.0. The van der Waals surface area contributed by atoms with Crippen molar-refractivity contribution in [1.29, 1.82) is 0 Å². The van der Waals surface area contributed by atoms with Crippen LogP contribution in [0.4, 0.5) is 0 Å². The average molecular weight is 846 g/mol. The molecule has 0 aliphatic carbocycles. The van der Waals surface area contributed by atoms with Crippen LogP contribution in [0.5, 0.6) is 23.0 Å². The number of rotatable bonds is 13. The van der Waals surface area contributed by atoms with E-state index in [4.69, 9.17) is 42.1 Å². The number of benzene rings is 4. The number of aliphatic hydroxyl groups excluding tert-OH is 1. The Morgan fingerprint density at radius 3 is 1.86 bits per heavy atom. The van der Waals surface area contributed by atoms with Crippen molar-refractivity contribution in [2.45, 2.75) is 19.5 Å². The van der Waals surface area contributed by atoms with Crippen molar-refractivity contribution in [2.75, 3.05) is 35.0 Å². The standard InChI is InChI=1S/C21H21ClN2O4S.C21H17ClN2O3S/c1-27-16-8-5-14(18(11-16)28-2)12-23-20(26)19-17(9-10-25)24-21(29-19)13-3-6-15(22)7-4-13;1-26-16-8-5-14(18(11-16)27-2)12-24-10-9-17-19(21(24)25)28-20(23-17)13-3-6-15(22)7-4-13/h3-8,11,25H,9-10,12H2,1-2H3,(H,23,26);3-11H,12H2,1-2H3. The van der Waals surface area contributed by atoms with E-state index in [1.54, 1.807) is 57.4 Å². The van der Waals surface area contributed by atoms with Crippen molar-refractivity contribution in [3.63, 3.8) is 0 Å². The molecule has 0 saturated carbocycles. The summed E-state index contributed by atoms with van der Waals surface area (Å²) in [4.78, 5) is 35.5. The topological polar surface area (TPSA) is 134 Å². The van der Waals surface area contributed by atoms with Gasteiger partial charge in [-0.05, 0) is 54.6 Å². The number of aliphatic hydroxyl groups is 1. The lowest BCUT2D eigenvalue weighted by atomic mass is 10.2. The van der Waals surface area contributed by atoms with Crippen LogP contribution in [0.15, 0.2) is 102 Å². The van der Waals surface area contributed by atoms with Gasteiger partial charge >= 0.3 is 0 Å². The first-order chi connectivity index (χ1) is 27.6. The molecule has 15 heteroatoms. The van der Waals surface area contributed by atoms with Gasteiger partial charge in [0.15, 0.2) is 0 Å². The Balaban J connectivity index is 0.000000193. The molecular formula is C42H38Cl2N4O7S2. The highest BCUT2D eigenvalue weighted by Crippen LogP contribution is 2.32. The average Bonchev–Trinajstić information content (AvgIpc) is 3.87. The van der Waals surface area contributed by atoms with E-state index < -0.39 is 0 Å². The number of fused-ring (bicyclic) bond motifs is 1. The quantitative estimate of drug-likeness (QED) is 0.117. The van der Waals surface area contributed by atoms with E-state index in [1.807, 2.05) is 72.8 Å². The van der Waals surface area contributed by atoms with Gasteiger partial charge < -0.3 is 33.9 Å². The number of thiazole rings is 2. The number of pyridine rings is 1. The third-order valence-corrected chi connectivity index (χ3v) is 11.5. The molecule has 0 atom stereocenters. The molecule has 0 aliphatic heterocycles. The van der Waals surface area contributed by atoms with Crippen LogP contribution in [0.1, 0.15) is 26.5 Å². The number of methoxy groups -OCH3 is 4. The highest BCUT2D eigenvalue weighted by molar-refractivity contribution is 7.21. The third kappa shape index (κ3) is 9.93. The minimum atomic E-state index is -0.246. The Kier molecular flexibility index (Phi) is 13.8. The molecule has 3 aromatic heterocycles. The van der Waals surface area contributed by atoms with Gasteiger partial charge in [0.2, 0.25) is 0 Å². The Labute approximate surface area is 347 Å². The van der Waals surface area contributed by atoms with Gasteiger partial charge in [-0.15, -0.1) is 22.7 Å². The number of nitrogens with one attached hydrogen (secondary N) is 1. The third-order valence-electron chi connectivity index (χ3n) is 8.72. The summed E-state index contributed by atoms with van der Waals surface area (Å²) >= 11 is 14.6. The number of hydrogen-bond donors (Lipinski definition) is 2. The SMILES string of the molecule is COc1ccc(CNC(=O)c2sc(-c3ccc(Cl)cc3)nc2CCO)c(OC)c1.COc1ccc(Cn2ccc3nc(-c4ccc(Cl)cc4)sc3c2=O)c(OC)c1. The predicted molar refractivity (Wildman–Crippen MR) is 227 cm³/mol. The molecule has 294 valence electrons. The summed E-state index contributed by atoms with van der Waals surface area (Å²) in [5.41, 5.74) is 4.72. The van der Waals surface area contributed by atoms with Crippen molar-refractivity contribution < 1.29 is 28.8 Å². The van der Waals surface area contributed by atoms with Crippen LogP contribution in [0.3, 0.4) is 0 Å². The van der Waals surface area contributed by atoms with E-state index in [9.17, 15) is 14.7 Å². The molecule has 7 rings (SSSR count). The lowest BCUT2D eigenvalue weighted by Gasteiger charge is -2.11. The summed E-state index contributed by atoms with van der Waals surface area (Å²) < 4.78 is 23.5. The Morgan fingerprint density at radius 2 is 1.30 bits per heavy atom. The van der Waals surface area contributed by atoms with Crippen LogP contribution in [0.25, 0.3) is 31.4 Å². The second-order valence-electron chi connectivity index (χ2n) is 12.3. The minimum Gasteiger partial charge on any atom is -0.497 e. The van der Waals surface area contributed by atoms with E-state index in [1.165, 1.54) is 22.7 Å². The molecule has 0 aliphatic rings. The van der Waals surface area contributed by atoms with E-state index in [0.29, 0.717) is 78.3 Å². The Morgan fingerprint density at radius 1 is 0.737 bits per heavy atom. The highest BCUT2D eigenvalue weighted by atomic mass is 35.5. The van der Waals surface area contributed by atoms with E-state index >= 15 is 0 Å². The Bertz CT molecular complexity index is 2540. The highest BCUT2D eigenvalue weighted by Gasteiger charge is 2.19. The minimum absolute atomic E-state index is 0.0758. The van der Waals surface area contributed by atoms with E-state index in [-0.39, 0.29) is 18.1 Å². The zero-order valence-corrected chi connectivity index (χ0v) is 34.5. The summed E-state index contributed by atoms with van der Waals surface area (Å²) in [6, 6.07) is 27.6. The molecule has 0 spiro atoms. The number of carbonyl (C=O) groups excluding carboxylic acids is 1. The van der Waals surface area contributed by atoms with Crippen molar-refractivity contribution in [1.82, 2.24) is 19.9 Å². The molecule has 57 heavy (non-hydrogen) atoms. The number of aromatic nitrogens is 3. The Hall–Kier alpha value is -5.44. The lowest BCUT2D eigenvalue weighted by Crippen LogP contribution is -2.23. The van der Waals surface area contributed by atoms with Gasteiger partial charge in [-0.1, -0.05) is 47.5 Å². The van der Waals surface area contributed by atoms with Gasteiger partial charge in [0.25, 0.3) is 11.5 Å². The number of amides is 1. The van der Waals surface area contributed by atoms with Gasteiger partial charge in [0.1, 0.15) is 42.6 Å².